The average Bonchev–Trinajstić information content (AvgIpc) is 2.26. The van der Waals surface area contributed by atoms with Gasteiger partial charge in [0.1, 0.15) is 11.6 Å². The quantitative estimate of drug-likeness (QED) is 0.619. The molecule has 2 N–H and O–H groups in total. The first-order valence-corrected chi connectivity index (χ1v) is 5.06. The van der Waals surface area contributed by atoms with Crippen LogP contribution in [0.4, 0.5) is 0 Å². The summed E-state index contributed by atoms with van der Waals surface area (Å²) < 4.78 is 0. The van der Waals surface area contributed by atoms with Crippen LogP contribution in [0.3, 0.4) is 0 Å². The first-order chi connectivity index (χ1) is 7.54. The second-order valence-corrected chi connectivity index (χ2v) is 3.86. The molecule has 3 nitrogen and oxygen atoms in total. The molecule has 1 amide bonds. The Kier molecular flexibility index (Phi) is 3.84. The van der Waals surface area contributed by atoms with Crippen molar-refractivity contribution in [3.63, 3.8) is 0 Å². The van der Waals surface area contributed by atoms with Gasteiger partial charge < -0.3 is 5.73 Å². The van der Waals surface area contributed by atoms with Crippen LogP contribution in [-0.2, 0) is 4.79 Å². The third-order valence-electron chi connectivity index (χ3n) is 2.30. The highest BCUT2D eigenvalue weighted by molar-refractivity contribution is 6.00. The molecule has 0 atom stereocenters. The number of primary amides is 1. The van der Waals surface area contributed by atoms with E-state index in [0.717, 1.165) is 5.56 Å². The molecular weight excluding hydrogens is 200 g/mol. The van der Waals surface area contributed by atoms with E-state index < -0.39 is 5.91 Å². The summed E-state index contributed by atoms with van der Waals surface area (Å²) in [5.74, 6) is -0.236. The Morgan fingerprint density at radius 1 is 1.38 bits per heavy atom. The van der Waals surface area contributed by atoms with Gasteiger partial charge in [-0.3, -0.25) is 4.79 Å². The predicted molar refractivity (Wildman–Crippen MR) is 63.3 cm³/mol. The van der Waals surface area contributed by atoms with Crippen molar-refractivity contribution in [3.05, 3.63) is 41.0 Å². The molecule has 0 unspecified atom stereocenters. The summed E-state index contributed by atoms with van der Waals surface area (Å²) in [7, 11) is 0. The number of benzene rings is 1. The molecule has 16 heavy (non-hydrogen) atoms. The molecule has 0 fully saturated rings. The summed E-state index contributed by atoms with van der Waals surface area (Å²) in [5.41, 5.74) is 7.04. The fraction of sp³-hybridized carbons (Fsp3) is 0.231. The van der Waals surface area contributed by atoms with Crippen LogP contribution >= 0.6 is 0 Å². The summed E-state index contributed by atoms with van der Waals surface area (Å²) in [6.45, 7) is 4.21. The maximum atomic E-state index is 10.8. The monoisotopic (exact) mass is 214 g/mol. The van der Waals surface area contributed by atoms with E-state index in [1.54, 1.807) is 6.07 Å². The molecule has 0 aromatic heterocycles. The zero-order chi connectivity index (χ0) is 12.1. The molecule has 0 spiro atoms. The summed E-state index contributed by atoms with van der Waals surface area (Å²) in [5, 5.41) is 8.68. The van der Waals surface area contributed by atoms with Crippen molar-refractivity contribution >= 4 is 12.0 Å². The molecule has 0 aliphatic rings. The van der Waals surface area contributed by atoms with Crippen LogP contribution in [0.25, 0.3) is 6.08 Å². The van der Waals surface area contributed by atoms with Crippen molar-refractivity contribution < 1.29 is 4.79 Å². The largest absolute Gasteiger partial charge is 0.365 e. The van der Waals surface area contributed by atoms with Crippen molar-refractivity contribution in [2.45, 2.75) is 19.8 Å². The lowest BCUT2D eigenvalue weighted by Gasteiger charge is -2.04. The second-order valence-electron chi connectivity index (χ2n) is 3.86. The van der Waals surface area contributed by atoms with Gasteiger partial charge in [0.2, 0.25) is 0 Å². The normalized spacial score (nSPS) is 11.2. The maximum absolute atomic E-state index is 10.8. The van der Waals surface area contributed by atoms with Gasteiger partial charge >= 0.3 is 0 Å². The molecule has 0 radical (unpaired) electrons. The topological polar surface area (TPSA) is 66.9 Å². The highest BCUT2D eigenvalue weighted by atomic mass is 16.1. The van der Waals surface area contributed by atoms with Crippen LogP contribution in [0.1, 0.15) is 30.9 Å². The minimum absolute atomic E-state index is 0.0303. The Balaban J connectivity index is 3.00. The first-order valence-electron chi connectivity index (χ1n) is 5.06. The summed E-state index contributed by atoms with van der Waals surface area (Å²) in [6.07, 6.45) is 1.49. The van der Waals surface area contributed by atoms with Crippen LogP contribution in [0.15, 0.2) is 29.8 Å². The fourth-order valence-corrected chi connectivity index (χ4v) is 1.30. The Hall–Kier alpha value is -2.08. The number of nitrogens with zero attached hydrogens (tertiary/aromatic N) is 1. The van der Waals surface area contributed by atoms with Crippen LogP contribution in [0.2, 0.25) is 0 Å². The molecule has 0 aliphatic carbocycles. The zero-order valence-electron chi connectivity index (χ0n) is 9.40. The molecule has 0 heterocycles. The Labute approximate surface area is 95.2 Å². The van der Waals surface area contributed by atoms with Gasteiger partial charge in [-0.25, -0.2) is 0 Å². The van der Waals surface area contributed by atoms with E-state index in [0.29, 0.717) is 5.92 Å². The van der Waals surface area contributed by atoms with E-state index in [4.69, 9.17) is 11.0 Å². The summed E-state index contributed by atoms with van der Waals surface area (Å²) in [6, 6.07) is 9.47. The first kappa shape index (κ1) is 12.0. The number of amides is 1. The van der Waals surface area contributed by atoms with E-state index in [1.807, 2.05) is 24.3 Å². The Bertz CT molecular complexity index is 450. The minimum atomic E-state index is -0.699. The van der Waals surface area contributed by atoms with Gasteiger partial charge in [-0.2, -0.15) is 5.26 Å². The molecule has 1 aromatic rings. The van der Waals surface area contributed by atoms with E-state index in [-0.39, 0.29) is 5.57 Å². The van der Waals surface area contributed by atoms with Crippen molar-refractivity contribution in [2.75, 3.05) is 0 Å². The number of carbonyl (C=O) groups excluding carboxylic acids is 1. The number of nitriles is 1. The van der Waals surface area contributed by atoms with Gasteiger partial charge in [-0.1, -0.05) is 38.1 Å². The zero-order valence-corrected chi connectivity index (χ0v) is 9.40. The van der Waals surface area contributed by atoms with Crippen LogP contribution in [0, 0.1) is 11.3 Å². The molecule has 0 aliphatic heterocycles. The van der Waals surface area contributed by atoms with Gasteiger partial charge in [0.15, 0.2) is 0 Å². The third-order valence-corrected chi connectivity index (χ3v) is 2.30. The number of rotatable bonds is 3. The smallest absolute Gasteiger partial charge is 0.259 e. The predicted octanol–water partition coefficient (Wildman–Crippen LogP) is 2.20. The van der Waals surface area contributed by atoms with Gasteiger partial charge in [-0.05, 0) is 23.1 Å². The third kappa shape index (κ3) is 2.96. The maximum Gasteiger partial charge on any atom is 0.259 e. The van der Waals surface area contributed by atoms with Crippen LogP contribution in [0.5, 0.6) is 0 Å². The van der Waals surface area contributed by atoms with E-state index in [2.05, 4.69) is 13.8 Å². The van der Waals surface area contributed by atoms with Gasteiger partial charge in [0.05, 0.1) is 0 Å². The molecule has 1 rings (SSSR count). The lowest BCUT2D eigenvalue weighted by Crippen LogP contribution is -2.12. The van der Waals surface area contributed by atoms with Crippen molar-refractivity contribution in [2.24, 2.45) is 5.73 Å². The number of carbonyl (C=O) groups is 1. The molecular formula is C13H14N2O. The SMILES string of the molecule is CC(C)c1ccc(/C=C(/C#N)C(N)=O)cc1. The standard InChI is InChI=1S/C13H14N2O/c1-9(2)11-5-3-10(4-6-11)7-12(8-14)13(15)16/h3-7,9H,1-2H3,(H2,15,16)/b12-7-. The lowest BCUT2D eigenvalue weighted by atomic mass is 10.0. The number of hydrogen-bond donors (Lipinski definition) is 1. The van der Waals surface area contributed by atoms with Gasteiger partial charge in [0, 0.05) is 0 Å². The fourth-order valence-electron chi connectivity index (χ4n) is 1.30. The van der Waals surface area contributed by atoms with Gasteiger partial charge in [-0.15, -0.1) is 0 Å². The number of hydrogen-bond acceptors (Lipinski definition) is 2. The molecule has 1 aromatic carbocycles. The minimum Gasteiger partial charge on any atom is -0.365 e. The van der Waals surface area contributed by atoms with Gasteiger partial charge in [0.25, 0.3) is 5.91 Å². The molecule has 82 valence electrons. The molecule has 0 bridgehead atoms. The van der Waals surface area contributed by atoms with Crippen LogP contribution in [-0.4, -0.2) is 5.91 Å². The van der Waals surface area contributed by atoms with Crippen LogP contribution < -0.4 is 5.73 Å². The highest BCUT2D eigenvalue weighted by Crippen LogP contribution is 2.16. The number of nitrogens with two attached hydrogens (primary N) is 1. The lowest BCUT2D eigenvalue weighted by molar-refractivity contribution is -0.114. The van der Waals surface area contributed by atoms with E-state index >= 15 is 0 Å². The Morgan fingerprint density at radius 2 is 1.94 bits per heavy atom. The van der Waals surface area contributed by atoms with Crippen molar-refractivity contribution in [1.29, 1.82) is 5.26 Å². The molecule has 3 heteroatoms. The average molecular weight is 214 g/mol. The summed E-state index contributed by atoms with van der Waals surface area (Å²) >= 11 is 0. The van der Waals surface area contributed by atoms with E-state index in [9.17, 15) is 4.79 Å². The summed E-state index contributed by atoms with van der Waals surface area (Å²) in [4.78, 5) is 10.8. The van der Waals surface area contributed by atoms with Crippen molar-refractivity contribution in [3.8, 4) is 6.07 Å². The van der Waals surface area contributed by atoms with Crippen molar-refractivity contribution in [1.82, 2.24) is 0 Å². The Morgan fingerprint density at radius 3 is 2.31 bits per heavy atom. The van der Waals surface area contributed by atoms with E-state index in [1.165, 1.54) is 11.6 Å². The highest BCUT2D eigenvalue weighted by Gasteiger charge is 2.03. The molecule has 0 saturated heterocycles. The second kappa shape index (κ2) is 5.13. The molecule has 0 saturated carbocycles.